The van der Waals surface area contributed by atoms with Crippen LogP contribution in [0.4, 0.5) is 0 Å². The second kappa shape index (κ2) is 4.23. The average molecular weight is 242 g/mol. The van der Waals surface area contributed by atoms with Crippen LogP contribution in [0.3, 0.4) is 0 Å². The summed E-state index contributed by atoms with van der Waals surface area (Å²) >= 11 is 0. The third kappa shape index (κ3) is 2.86. The molecule has 0 unspecified atom stereocenters. The summed E-state index contributed by atoms with van der Waals surface area (Å²) in [5.74, 6) is 3.12. The monoisotopic (exact) mass is 242 g/mol. The summed E-state index contributed by atoms with van der Waals surface area (Å²) in [5, 5.41) is 0.901. The van der Waals surface area contributed by atoms with Crippen LogP contribution in [0.5, 0.6) is 0 Å². The molecule has 0 spiro atoms. The standard InChI is InChI=1S/C14H14O2Si/c1-17(2,3)9-8-11-10-14(15)16-13-7-5-4-6-12(11)13/h4-7,10H,1-3H3. The lowest BCUT2D eigenvalue weighted by Crippen LogP contribution is -2.16. The topological polar surface area (TPSA) is 30.2 Å². The fraction of sp³-hybridized carbons (Fsp3) is 0.214. The van der Waals surface area contributed by atoms with Gasteiger partial charge in [0.1, 0.15) is 13.7 Å². The lowest BCUT2D eigenvalue weighted by molar-refractivity contribution is 0.560. The molecular formula is C14H14O2Si. The van der Waals surface area contributed by atoms with Gasteiger partial charge in [0.05, 0.1) is 0 Å². The van der Waals surface area contributed by atoms with Gasteiger partial charge < -0.3 is 4.42 Å². The van der Waals surface area contributed by atoms with Crippen molar-refractivity contribution >= 4 is 19.0 Å². The van der Waals surface area contributed by atoms with Gasteiger partial charge in [0.2, 0.25) is 0 Å². The van der Waals surface area contributed by atoms with Crippen molar-refractivity contribution in [2.45, 2.75) is 19.6 Å². The lowest BCUT2D eigenvalue weighted by atomic mass is 10.1. The summed E-state index contributed by atoms with van der Waals surface area (Å²) < 4.78 is 5.12. The van der Waals surface area contributed by atoms with Gasteiger partial charge in [-0.2, -0.15) is 0 Å². The van der Waals surface area contributed by atoms with E-state index in [2.05, 4.69) is 31.1 Å². The van der Waals surface area contributed by atoms with Crippen molar-refractivity contribution in [3.05, 3.63) is 46.3 Å². The van der Waals surface area contributed by atoms with Gasteiger partial charge in [-0.25, -0.2) is 4.79 Å². The van der Waals surface area contributed by atoms with Crippen LogP contribution in [-0.4, -0.2) is 8.07 Å². The molecule has 2 nitrogen and oxygen atoms in total. The summed E-state index contributed by atoms with van der Waals surface area (Å²) in [5.41, 5.74) is 4.28. The molecule has 0 atom stereocenters. The van der Waals surface area contributed by atoms with E-state index < -0.39 is 8.07 Å². The number of fused-ring (bicyclic) bond motifs is 1. The summed E-state index contributed by atoms with van der Waals surface area (Å²) in [6.45, 7) is 6.52. The first-order chi connectivity index (χ1) is 7.96. The second-order valence-corrected chi connectivity index (χ2v) is 9.73. The highest BCUT2D eigenvalue weighted by Crippen LogP contribution is 2.15. The second-order valence-electron chi connectivity index (χ2n) is 4.98. The van der Waals surface area contributed by atoms with Gasteiger partial charge in [-0.15, -0.1) is 5.54 Å². The first-order valence-corrected chi connectivity index (χ1v) is 9.02. The van der Waals surface area contributed by atoms with Crippen LogP contribution in [-0.2, 0) is 0 Å². The maximum Gasteiger partial charge on any atom is 0.337 e. The van der Waals surface area contributed by atoms with Crippen molar-refractivity contribution in [1.29, 1.82) is 0 Å². The van der Waals surface area contributed by atoms with Gasteiger partial charge in [-0.3, -0.25) is 0 Å². The van der Waals surface area contributed by atoms with E-state index in [0.717, 1.165) is 10.9 Å². The van der Waals surface area contributed by atoms with E-state index in [4.69, 9.17) is 4.42 Å². The van der Waals surface area contributed by atoms with Crippen LogP contribution >= 0.6 is 0 Å². The zero-order chi connectivity index (χ0) is 12.5. The maximum absolute atomic E-state index is 11.4. The Balaban J connectivity index is 2.68. The van der Waals surface area contributed by atoms with Gasteiger partial charge >= 0.3 is 5.63 Å². The molecule has 0 radical (unpaired) electrons. The predicted octanol–water partition coefficient (Wildman–Crippen LogP) is 3.02. The molecule has 0 saturated carbocycles. The first kappa shape index (κ1) is 11.7. The lowest BCUT2D eigenvalue weighted by Gasteiger charge is -2.04. The summed E-state index contributed by atoms with van der Waals surface area (Å²) in [6, 6.07) is 8.95. The normalized spacial score (nSPS) is 11.0. The van der Waals surface area contributed by atoms with Crippen molar-refractivity contribution in [1.82, 2.24) is 0 Å². The highest BCUT2D eigenvalue weighted by molar-refractivity contribution is 6.83. The van der Waals surface area contributed by atoms with Crippen molar-refractivity contribution in [2.24, 2.45) is 0 Å². The number of benzene rings is 1. The molecule has 17 heavy (non-hydrogen) atoms. The predicted molar refractivity (Wildman–Crippen MR) is 72.7 cm³/mol. The molecule has 0 amide bonds. The van der Waals surface area contributed by atoms with E-state index in [1.807, 2.05) is 18.2 Å². The molecule has 0 saturated heterocycles. The quantitative estimate of drug-likeness (QED) is 0.404. The van der Waals surface area contributed by atoms with Crippen molar-refractivity contribution in [3.8, 4) is 11.5 Å². The molecule has 0 aliphatic rings. The maximum atomic E-state index is 11.4. The molecule has 3 heteroatoms. The van der Waals surface area contributed by atoms with Crippen LogP contribution in [0.15, 0.2) is 39.5 Å². The van der Waals surface area contributed by atoms with Crippen molar-refractivity contribution in [2.75, 3.05) is 0 Å². The SMILES string of the molecule is C[Si](C)(C)C#Cc1cc(=O)oc2ccccc12. The third-order valence-electron chi connectivity index (χ3n) is 2.22. The molecule has 1 aromatic heterocycles. The van der Waals surface area contributed by atoms with Crippen molar-refractivity contribution < 1.29 is 4.42 Å². The summed E-state index contributed by atoms with van der Waals surface area (Å²) in [6.07, 6.45) is 0. The summed E-state index contributed by atoms with van der Waals surface area (Å²) in [7, 11) is -1.44. The third-order valence-corrected chi connectivity index (χ3v) is 3.10. The molecule has 0 fully saturated rings. The largest absolute Gasteiger partial charge is 0.423 e. The van der Waals surface area contributed by atoms with Gasteiger partial charge in [0.25, 0.3) is 0 Å². The van der Waals surface area contributed by atoms with E-state index >= 15 is 0 Å². The van der Waals surface area contributed by atoms with E-state index in [1.165, 1.54) is 6.07 Å². The Morgan fingerprint density at radius 1 is 1.18 bits per heavy atom. The molecule has 0 N–H and O–H groups in total. The molecule has 2 rings (SSSR count). The fourth-order valence-corrected chi connectivity index (χ4v) is 1.98. The Kier molecular flexibility index (Phi) is 2.91. The minimum absolute atomic E-state index is 0.344. The van der Waals surface area contributed by atoms with Crippen LogP contribution in [0.2, 0.25) is 19.6 Å². The Hall–Kier alpha value is -1.79. The van der Waals surface area contributed by atoms with Gasteiger partial charge in [-0.05, 0) is 12.1 Å². The number of para-hydroxylation sites is 1. The van der Waals surface area contributed by atoms with E-state index in [1.54, 1.807) is 6.07 Å². The van der Waals surface area contributed by atoms with Gasteiger partial charge in [-0.1, -0.05) is 37.7 Å². The number of hydrogen-bond acceptors (Lipinski definition) is 2. The molecule has 0 bridgehead atoms. The molecular weight excluding hydrogens is 228 g/mol. The van der Waals surface area contributed by atoms with E-state index in [0.29, 0.717) is 5.58 Å². The molecule has 2 aromatic rings. The van der Waals surface area contributed by atoms with Crippen LogP contribution < -0.4 is 5.63 Å². The molecule has 1 heterocycles. The van der Waals surface area contributed by atoms with E-state index in [-0.39, 0.29) is 5.63 Å². The van der Waals surface area contributed by atoms with Crippen LogP contribution in [0, 0.1) is 11.5 Å². The highest BCUT2D eigenvalue weighted by atomic mass is 28.3. The molecule has 0 aliphatic carbocycles. The number of hydrogen-bond donors (Lipinski definition) is 0. The Morgan fingerprint density at radius 3 is 2.59 bits per heavy atom. The average Bonchev–Trinajstić information content (AvgIpc) is 2.24. The Bertz CT molecular complexity index is 666. The smallest absolute Gasteiger partial charge is 0.337 e. The zero-order valence-corrected chi connectivity index (χ0v) is 11.2. The first-order valence-electron chi connectivity index (χ1n) is 5.52. The van der Waals surface area contributed by atoms with E-state index in [9.17, 15) is 4.79 Å². The minimum Gasteiger partial charge on any atom is -0.423 e. The molecule has 86 valence electrons. The number of rotatable bonds is 0. The zero-order valence-electron chi connectivity index (χ0n) is 10.2. The summed E-state index contributed by atoms with van der Waals surface area (Å²) in [4.78, 5) is 11.4. The molecule has 1 aromatic carbocycles. The van der Waals surface area contributed by atoms with Crippen molar-refractivity contribution in [3.63, 3.8) is 0 Å². The Morgan fingerprint density at radius 2 is 1.88 bits per heavy atom. The van der Waals surface area contributed by atoms with Crippen LogP contribution in [0.1, 0.15) is 5.56 Å². The fourth-order valence-electron chi connectivity index (χ4n) is 1.47. The van der Waals surface area contributed by atoms with Gasteiger partial charge in [0, 0.05) is 17.0 Å². The van der Waals surface area contributed by atoms with Crippen LogP contribution in [0.25, 0.3) is 11.0 Å². The molecule has 0 aliphatic heterocycles. The minimum atomic E-state index is -1.44. The Labute approximate surface area is 101 Å². The van der Waals surface area contributed by atoms with Gasteiger partial charge in [0.15, 0.2) is 0 Å². The highest BCUT2D eigenvalue weighted by Gasteiger charge is 2.08.